The summed E-state index contributed by atoms with van der Waals surface area (Å²) in [5.41, 5.74) is 0. The molecule has 2 atom stereocenters. The van der Waals surface area contributed by atoms with E-state index < -0.39 is 0 Å². The number of aromatic nitrogens is 5. The molecule has 0 bridgehead atoms. The van der Waals surface area contributed by atoms with E-state index in [4.69, 9.17) is 4.52 Å². The molecule has 0 saturated carbocycles. The van der Waals surface area contributed by atoms with Gasteiger partial charge in [0, 0.05) is 19.0 Å². The summed E-state index contributed by atoms with van der Waals surface area (Å²) in [5.74, 6) is 2.40. The Morgan fingerprint density at radius 3 is 2.91 bits per heavy atom. The fourth-order valence-corrected chi connectivity index (χ4v) is 3.00. The van der Waals surface area contributed by atoms with Gasteiger partial charge in [0.1, 0.15) is 12.7 Å². The Hall–Kier alpha value is -1.76. The largest absolute Gasteiger partial charge is 0.338 e. The monoisotopic (exact) mass is 304 g/mol. The lowest BCUT2D eigenvalue weighted by atomic mass is 9.97. The second-order valence-electron chi connectivity index (χ2n) is 6.44. The molecular weight excluding hydrogens is 280 g/mol. The summed E-state index contributed by atoms with van der Waals surface area (Å²) in [6, 6.07) is 0.165. The van der Waals surface area contributed by atoms with Gasteiger partial charge in [0.2, 0.25) is 5.89 Å². The number of hydrogen-bond acceptors (Lipinski definition) is 6. The van der Waals surface area contributed by atoms with Crippen LogP contribution in [0.5, 0.6) is 0 Å². The Labute approximate surface area is 130 Å². The topological polar surface area (TPSA) is 72.9 Å². The molecule has 1 saturated heterocycles. The van der Waals surface area contributed by atoms with Gasteiger partial charge >= 0.3 is 0 Å². The van der Waals surface area contributed by atoms with Gasteiger partial charge < -0.3 is 4.52 Å². The standard InChI is InChI=1S/C15H24N6O/c1-11(2)14-18-15(22-19-14)12(3)20-6-4-5-13(7-20)8-21-10-16-9-17-21/h9-13H,4-8H2,1-3H3/t12-,13-/m1/s1. The van der Waals surface area contributed by atoms with E-state index in [9.17, 15) is 0 Å². The van der Waals surface area contributed by atoms with Crippen molar-refractivity contribution in [3.05, 3.63) is 24.4 Å². The molecule has 2 aromatic rings. The molecule has 1 fully saturated rings. The minimum absolute atomic E-state index is 0.165. The highest BCUT2D eigenvalue weighted by atomic mass is 16.5. The number of hydrogen-bond donors (Lipinski definition) is 0. The first-order valence-electron chi connectivity index (χ1n) is 8.03. The Morgan fingerprint density at radius 2 is 2.23 bits per heavy atom. The maximum atomic E-state index is 5.45. The Kier molecular flexibility index (Phi) is 4.52. The fraction of sp³-hybridized carbons (Fsp3) is 0.733. The molecule has 0 N–H and O–H groups in total. The van der Waals surface area contributed by atoms with Crippen LogP contribution in [0.25, 0.3) is 0 Å². The molecule has 0 aromatic carbocycles. The minimum atomic E-state index is 0.165. The Balaban J connectivity index is 1.63. The van der Waals surface area contributed by atoms with Crippen LogP contribution >= 0.6 is 0 Å². The van der Waals surface area contributed by atoms with Gasteiger partial charge in [-0.2, -0.15) is 10.1 Å². The molecule has 0 unspecified atom stereocenters. The average molecular weight is 304 g/mol. The minimum Gasteiger partial charge on any atom is -0.338 e. The van der Waals surface area contributed by atoms with Crippen molar-refractivity contribution in [3.63, 3.8) is 0 Å². The average Bonchev–Trinajstić information content (AvgIpc) is 3.18. The maximum Gasteiger partial charge on any atom is 0.243 e. The van der Waals surface area contributed by atoms with Gasteiger partial charge in [-0.1, -0.05) is 19.0 Å². The zero-order valence-corrected chi connectivity index (χ0v) is 13.5. The number of likely N-dealkylation sites (tertiary alicyclic amines) is 1. The van der Waals surface area contributed by atoms with Crippen molar-refractivity contribution < 1.29 is 4.52 Å². The lowest BCUT2D eigenvalue weighted by molar-refractivity contribution is 0.102. The van der Waals surface area contributed by atoms with Crippen LogP contribution in [0.4, 0.5) is 0 Å². The van der Waals surface area contributed by atoms with Crippen LogP contribution in [0.2, 0.25) is 0 Å². The van der Waals surface area contributed by atoms with Crippen LogP contribution < -0.4 is 0 Å². The van der Waals surface area contributed by atoms with Crippen LogP contribution in [-0.4, -0.2) is 42.9 Å². The van der Waals surface area contributed by atoms with E-state index in [1.807, 2.05) is 4.68 Å². The lowest BCUT2D eigenvalue weighted by Gasteiger charge is -2.35. The van der Waals surface area contributed by atoms with Crippen molar-refractivity contribution >= 4 is 0 Å². The third kappa shape index (κ3) is 3.35. The van der Waals surface area contributed by atoms with Crippen LogP contribution in [-0.2, 0) is 6.54 Å². The van der Waals surface area contributed by atoms with Crippen molar-refractivity contribution in [1.29, 1.82) is 0 Å². The molecule has 0 radical (unpaired) electrons. The van der Waals surface area contributed by atoms with Crippen molar-refractivity contribution in [2.45, 2.75) is 52.1 Å². The molecule has 0 spiro atoms. The number of nitrogens with zero attached hydrogens (tertiary/aromatic N) is 6. The molecule has 3 rings (SSSR count). The number of piperidine rings is 1. The molecule has 0 amide bonds. The summed E-state index contributed by atoms with van der Waals surface area (Å²) >= 11 is 0. The second kappa shape index (κ2) is 6.56. The molecular formula is C15H24N6O. The third-order valence-electron chi connectivity index (χ3n) is 4.34. The quantitative estimate of drug-likeness (QED) is 0.843. The predicted octanol–water partition coefficient (Wildman–Crippen LogP) is 2.26. The van der Waals surface area contributed by atoms with E-state index in [1.54, 1.807) is 12.7 Å². The van der Waals surface area contributed by atoms with Gasteiger partial charge in [0.05, 0.1) is 6.04 Å². The summed E-state index contributed by atoms with van der Waals surface area (Å²) in [6.45, 7) is 9.33. The van der Waals surface area contributed by atoms with Gasteiger partial charge in [-0.3, -0.25) is 9.58 Å². The summed E-state index contributed by atoms with van der Waals surface area (Å²) < 4.78 is 7.37. The van der Waals surface area contributed by atoms with E-state index in [2.05, 4.69) is 45.9 Å². The molecule has 22 heavy (non-hydrogen) atoms. The van der Waals surface area contributed by atoms with E-state index in [1.165, 1.54) is 12.8 Å². The first-order chi connectivity index (χ1) is 10.6. The van der Waals surface area contributed by atoms with Crippen molar-refractivity contribution in [2.75, 3.05) is 13.1 Å². The predicted molar refractivity (Wildman–Crippen MR) is 81.1 cm³/mol. The van der Waals surface area contributed by atoms with E-state index in [0.717, 1.165) is 31.3 Å². The smallest absolute Gasteiger partial charge is 0.243 e. The summed E-state index contributed by atoms with van der Waals surface area (Å²) in [7, 11) is 0. The van der Waals surface area contributed by atoms with Gasteiger partial charge in [0.15, 0.2) is 5.82 Å². The second-order valence-corrected chi connectivity index (χ2v) is 6.44. The van der Waals surface area contributed by atoms with Gasteiger partial charge in [0.25, 0.3) is 0 Å². The molecule has 1 aliphatic rings. The first kappa shape index (κ1) is 15.1. The van der Waals surface area contributed by atoms with E-state index in [0.29, 0.717) is 11.8 Å². The number of rotatable bonds is 5. The molecule has 2 aromatic heterocycles. The van der Waals surface area contributed by atoms with Gasteiger partial charge in [-0.15, -0.1) is 0 Å². The van der Waals surface area contributed by atoms with Gasteiger partial charge in [-0.05, 0) is 32.2 Å². The van der Waals surface area contributed by atoms with Crippen LogP contribution in [0, 0.1) is 5.92 Å². The molecule has 1 aliphatic heterocycles. The Bertz CT molecular complexity index is 579. The van der Waals surface area contributed by atoms with Gasteiger partial charge in [-0.25, -0.2) is 4.98 Å². The highest BCUT2D eigenvalue weighted by Crippen LogP contribution is 2.27. The zero-order chi connectivity index (χ0) is 15.5. The lowest BCUT2D eigenvalue weighted by Crippen LogP contribution is -2.38. The summed E-state index contributed by atoms with van der Waals surface area (Å²) in [4.78, 5) is 11.0. The van der Waals surface area contributed by atoms with E-state index in [-0.39, 0.29) is 6.04 Å². The zero-order valence-electron chi connectivity index (χ0n) is 13.5. The van der Waals surface area contributed by atoms with E-state index >= 15 is 0 Å². The first-order valence-corrected chi connectivity index (χ1v) is 8.03. The maximum absolute atomic E-state index is 5.45. The van der Waals surface area contributed by atoms with Crippen molar-refractivity contribution in [3.8, 4) is 0 Å². The Morgan fingerprint density at radius 1 is 1.36 bits per heavy atom. The summed E-state index contributed by atoms with van der Waals surface area (Å²) in [6.07, 6.45) is 5.80. The highest BCUT2D eigenvalue weighted by molar-refractivity contribution is 4.96. The molecule has 7 nitrogen and oxygen atoms in total. The molecule has 7 heteroatoms. The summed E-state index contributed by atoms with van der Waals surface area (Å²) in [5, 5.41) is 8.28. The highest BCUT2D eigenvalue weighted by Gasteiger charge is 2.28. The fourth-order valence-electron chi connectivity index (χ4n) is 3.00. The van der Waals surface area contributed by atoms with Crippen molar-refractivity contribution in [1.82, 2.24) is 29.8 Å². The molecule has 3 heterocycles. The van der Waals surface area contributed by atoms with Crippen LogP contribution in [0.3, 0.4) is 0 Å². The van der Waals surface area contributed by atoms with Crippen LogP contribution in [0.15, 0.2) is 17.2 Å². The normalized spacial score (nSPS) is 21.4. The molecule has 0 aliphatic carbocycles. The third-order valence-corrected chi connectivity index (χ3v) is 4.34. The van der Waals surface area contributed by atoms with Crippen molar-refractivity contribution in [2.24, 2.45) is 5.92 Å². The SMILES string of the molecule is CC(C)c1noc([C@@H](C)N2CCC[C@@H](Cn3cncn3)C2)n1. The molecule has 120 valence electrons. The van der Waals surface area contributed by atoms with Crippen LogP contribution in [0.1, 0.15) is 57.3 Å².